The van der Waals surface area contributed by atoms with E-state index in [9.17, 15) is 14.0 Å². The van der Waals surface area contributed by atoms with Gasteiger partial charge in [0.05, 0.1) is 26.7 Å². The molecule has 2 fully saturated rings. The summed E-state index contributed by atoms with van der Waals surface area (Å²) in [5.74, 6) is 0.680. The van der Waals surface area contributed by atoms with Gasteiger partial charge in [-0.05, 0) is 36.6 Å². The maximum absolute atomic E-state index is 13.6. The second-order valence-electron chi connectivity index (χ2n) is 8.46. The van der Waals surface area contributed by atoms with Gasteiger partial charge in [-0.2, -0.15) is 0 Å². The molecule has 1 unspecified atom stereocenters. The van der Waals surface area contributed by atoms with E-state index >= 15 is 0 Å². The van der Waals surface area contributed by atoms with Crippen molar-refractivity contribution in [2.75, 3.05) is 14.2 Å². The summed E-state index contributed by atoms with van der Waals surface area (Å²) in [6, 6.07) is 11.5. The van der Waals surface area contributed by atoms with Gasteiger partial charge in [-0.3, -0.25) is 9.59 Å². The van der Waals surface area contributed by atoms with Crippen LogP contribution in [-0.2, 0) is 16.1 Å². The zero-order chi connectivity index (χ0) is 22.7. The summed E-state index contributed by atoms with van der Waals surface area (Å²) in [5.41, 5.74) is 0.771. The van der Waals surface area contributed by atoms with E-state index in [4.69, 9.17) is 9.47 Å². The molecule has 1 heterocycles. The zero-order valence-electron chi connectivity index (χ0n) is 18.5. The van der Waals surface area contributed by atoms with Crippen LogP contribution in [-0.4, -0.2) is 36.5 Å². The smallest absolute Gasteiger partial charge is 0.246 e. The third-order valence-electron chi connectivity index (χ3n) is 6.69. The summed E-state index contributed by atoms with van der Waals surface area (Å²) in [6.45, 7) is 0.268. The predicted octanol–water partition coefficient (Wildman–Crippen LogP) is 4.14. The molecule has 1 saturated heterocycles. The largest absolute Gasteiger partial charge is 0.493 e. The quantitative estimate of drug-likeness (QED) is 0.658. The van der Waals surface area contributed by atoms with Gasteiger partial charge in [0.2, 0.25) is 11.8 Å². The van der Waals surface area contributed by atoms with Crippen LogP contribution in [0.3, 0.4) is 0 Å². The van der Waals surface area contributed by atoms with Crippen molar-refractivity contribution in [3.63, 3.8) is 0 Å². The number of likely N-dealkylation sites (tertiary alicyclic amines) is 1. The predicted molar refractivity (Wildman–Crippen MR) is 118 cm³/mol. The van der Waals surface area contributed by atoms with Crippen LogP contribution in [0.4, 0.5) is 4.39 Å². The number of hydrogen-bond acceptors (Lipinski definition) is 4. The number of β-lactam (4-membered cyclic amide) rings is 1. The van der Waals surface area contributed by atoms with Gasteiger partial charge in [0, 0.05) is 12.1 Å². The van der Waals surface area contributed by atoms with Crippen LogP contribution in [0.5, 0.6) is 11.5 Å². The molecule has 2 aliphatic rings. The number of benzene rings is 2. The second-order valence-corrected chi connectivity index (χ2v) is 8.46. The molecule has 0 radical (unpaired) electrons. The van der Waals surface area contributed by atoms with Gasteiger partial charge < -0.3 is 19.7 Å². The molecule has 2 aromatic rings. The monoisotopic (exact) mass is 440 g/mol. The van der Waals surface area contributed by atoms with E-state index in [0.717, 1.165) is 30.4 Å². The lowest BCUT2D eigenvalue weighted by molar-refractivity contribution is -0.168. The molecular weight excluding hydrogens is 411 g/mol. The molecule has 1 atom stereocenters. The summed E-state index contributed by atoms with van der Waals surface area (Å²) in [6.07, 6.45) is 4.40. The van der Waals surface area contributed by atoms with Crippen molar-refractivity contribution in [3.8, 4) is 11.5 Å². The maximum Gasteiger partial charge on any atom is 0.246 e. The van der Waals surface area contributed by atoms with Crippen LogP contribution in [0, 0.1) is 5.82 Å². The number of rotatable bonds is 7. The number of carbonyl (C=O) groups is 2. The number of para-hydroxylation sites is 1. The van der Waals surface area contributed by atoms with Crippen LogP contribution in [0.15, 0.2) is 42.5 Å². The van der Waals surface area contributed by atoms with Crippen molar-refractivity contribution in [1.29, 1.82) is 0 Å². The van der Waals surface area contributed by atoms with Gasteiger partial charge in [-0.1, -0.05) is 43.5 Å². The summed E-state index contributed by atoms with van der Waals surface area (Å²) < 4.78 is 24.3. The first-order chi connectivity index (χ1) is 15.5. The molecule has 2 aromatic carbocycles. The van der Waals surface area contributed by atoms with Crippen molar-refractivity contribution in [3.05, 3.63) is 59.4 Å². The fourth-order valence-corrected chi connectivity index (χ4v) is 5.05. The van der Waals surface area contributed by atoms with Crippen LogP contribution >= 0.6 is 0 Å². The van der Waals surface area contributed by atoms with Crippen molar-refractivity contribution >= 4 is 11.8 Å². The first-order valence-corrected chi connectivity index (χ1v) is 11.1. The van der Waals surface area contributed by atoms with Crippen molar-refractivity contribution < 1.29 is 23.5 Å². The minimum Gasteiger partial charge on any atom is -0.493 e. The SMILES string of the molecule is COc1cccc(CNC(=O)C2(N3C(=O)CC3c3ccc(F)cc3)CCCCC2)c1OC. The molecular formula is C25H29FN2O4. The summed E-state index contributed by atoms with van der Waals surface area (Å²) >= 11 is 0. The van der Waals surface area contributed by atoms with Gasteiger partial charge in [-0.25, -0.2) is 4.39 Å². The number of carbonyl (C=O) groups excluding carboxylic acids is 2. The highest BCUT2D eigenvalue weighted by Gasteiger charge is 2.54. The summed E-state index contributed by atoms with van der Waals surface area (Å²) in [7, 11) is 3.14. The Morgan fingerprint density at radius 3 is 2.44 bits per heavy atom. The van der Waals surface area contributed by atoms with Gasteiger partial charge in [0.25, 0.3) is 0 Å². The molecule has 1 saturated carbocycles. The van der Waals surface area contributed by atoms with Crippen LogP contribution < -0.4 is 14.8 Å². The molecule has 6 nitrogen and oxygen atoms in total. The molecule has 32 heavy (non-hydrogen) atoms. The van der Waals surface area contributed by atoms with Crippen molar-refractivity contribution in [1.82, 2.24) is 10.2 Å². The lowest BCUT2D eigenvalue weighted by Gasteiger charge is -2.54. The molecule has 7 heteroatoms. The molecule has 1 N–H and O–H groups in total. The van der Waals surface area contributed by atoms with E-state index in [1.807, 2.05) is 12.1 Å². The third-order valence-corrected chi connectivity index (χ3v) is 6.69. The minimum absolute atomic E-state index is 0.0321. The molecule has 0 aromatic heterocycles. The zero-order valence-corrected chi connectivity index (χ0v) is 18.5. The van der Waals surface area contributed by atoms with Crippen molar-refractivity contribution in [2.24, 2.45) is 0 Å². The number of nitrogens with zero attached hydrogens (tertiary/aromatic N) is 1. The molecule has 0 bridgehead atoms. The maximum atomic E-state index is 13.6. The molecule has 170 valence electrons. The Morgan fingerprint density at radius 1 is 1.09 bits per heavy atom. The molecule has 2 amide bonds. The first-order valence-electron chi connectivity index (χ1n) is 11.1. The first kappa shape index (κ1) is 22.1. The fraction of sp³-hybridized carbons (Fsp3) is 0.440. The van der Waals surface area contributed by atoms with Crippen molar-refractivity contribution in [2.45, 2.75) is 56.7 Å². The Bertz CT molecular complexity index is 986. The Hall–Kier alpha value is -3.09. The highest BCUT2D eigenvalue weighted by Crippen LogP contribution is 2.46. The Balaban J connectivity index is 1.58. The average Bonchev–Trinajstić information content (AvgIpc) is 2.81. The van der Waals surface area contributed by atoms with Crippen LogP contribution in [0.2, 0.25) is 0 Å². The van der Waals surface area contributed by atoms with E-state index in [1.54, 1.807) is 37.3 Å². The van der Waals surface area contributed by atoms with Gasteiger partial charge in [-0.15, -0.1) is 0 Å². The van der Waals surface area contributed by atoms with E-state index in [2.05, 4.69) is 5.32 Å². The van der Waals surface area contributed by atoms with E-state index in [-0.39, 0.29) is 30.2 Å². The summed E-state index contributed by atoms with van der Waals surface area (Å²) in [5, 5.41) is 3.06. The highest BCUT2D eigenvalue weighted by atomic mass is 19.1. The molecule has 0 spiro atoms. The molecule has 4 rings (SSSR count). The third kappa shape index (κ3) is 3.92. The minimum atomic E-state index is -0.890. The Kier molecular flexibility index (Phi) is 6.35. The van der Waals surface area contributed by atoms with Crippen LogP contribution in [0.25, 0.3) is 0 Å². The number of ether oxygens (including phenoxy) is 2. The lowest BCUT2D eigenvalue weighted by atomic mass is 9.75. The number of methoxy groups -OCH3 is 2. The topological polar surface area (TPSA) is 67.9 Å². The van der Waals surface area contributed by atoms with E-state index < -0.39 is 5.54 Å². The number of amides is 2. The van der Waals surface area contributed by atoms with Gasteiger partial charge >= 0.3 is 0 Å². The second kappa shape index (κ2) is 9.18. The Labute approximate surface area is 187 Å². The normalized spacial score (nSPS) is 19.8. The summed E-state index contributed by atoms with van der Waals surface area (Å²) in [4.78, 5) is 28.2. The number of halogens is 1. The van der Waals surface area contributed by atoms with Gasteiger partial charge in [0.15, 0.2) is 11.5 Å². The lowest BCUT2D eigenvalue weighted by Crippen LogP contribution is -2.66. The highest BCUT2D eigenvalue weighted by molar-refractivity contribution is 5.95. The molecule has 1 aliphatic heterocycles. The fourth-order valence-electron chi connectivity index (χ4n) is 5.05. The van der Waals surface area contributed by atoms with Crippen LogP contribution in [0.1, 0.15) is 55.7 Å². The number of nitrogens with one attached hydrogen (secondary N) is 1. The average molecular weight is 441 g/mol. The van der Waals surface area contributed by atoms with Gasteiger partial charge in [0.1, 0.15) is 11.4 Å². The standard InChI is InChI=1S/C25H29FN2O4/c1-31-21-8-6-7-18(23(21)32-2)16-27-24(30)25(13-4-3-5-14-25)28-20(15-22(28)29)17-9-11-19(26)12-10-17/h6-12,20H,3-5,13-16H2,1-2H3,(H,27,30). The van der Waals surface area contributed by atoms with E-state index in [1.165, 1.54) is 12.1 Å². The number of hydrogen-bond donors (Lipinski definition) is 1. The Morgan fingerprint density at radius 2 is 1.81 bits per heavy atom. The van der Waals surface area contributed by atoms with E-state index in [0.29, 0.717) is 30.8 Å². The molecule has 1 aliphatic carbocycles.